The van der Waals surface area contributed by atoms with Gasteiger partial charge < -0.3 is 0 Å². The van der Waals surface area contributed by atoms with Crippen molar-refractivity contribution in [3.8, 4) is 0 Å². The first-order chi connectivity index (χ1) is 9.36. The highest BCUT2D eigenvalue weighted by molar-refractivity contribution is 6.18. The second-order valence-corrected chi connectivity index (χ2v) is 5.49. The summed E-state index contributed by atoms with van der Waals surface area (Å²) in [4.78, 5) is 2.43. The normalized spacial score (nSPS) is 14.4. The largest absolute Gasteiger partial charge is 0.294 e. The number of fused-ring (bicyclic) bond motifs is 2. The molecule has 0 N–H and O–H groups in total. The van der Waals surface area contributed by atoms with Crippen LogP contribution >= 0.6 is 24.0 Å². The first-order valence-corrected chi connectivity index (χ1v) is 7.32. The summed E-state index contributed by atoms with van der Waals surface area (Å²) in [5, 5.41) is 0. The van der Waals surface area contributed by atoms with Crippen LogP contribution in [0.4, 0.5) is 0 Å². The van der Waals surface area contributed by atoms with Crippen LogP contribution in [-0.4, -0.2) is 17.3 Å². The Bertz CT molecular complexity index is 521. The molecule has 0 radical (unpaired) electrons. The summed E-state index contributed by atoms with van der Waals surface area (Å²) in [6.07, 6.45) is 1.04. The molecule has 2 aromatic rings. The van der Waals surface area contributed by atoms with Crippen LogP contribution in [0.5, 0.6) is 0 Å². The van der Waals surface area contributed by atoms with Crippen LogP contribution in [0.2, 0.25) is 0 Å². The second-order valence-electron chi connectivity index (χ2n) is 5.11. The number of halogens is 2. The van der Waals surface area contributed by atoms with Crippen LogP contribution in [0.3, 0.4) is 0 Å². The van der Waals surface area contributed by atoms with Crippen LogP contribution in [0.25, 0.3) is 0 Å². The third kappa shape index (κ3) is 3.35. The number of hydrogen-bond donors (Lipinski definition) is 0. The lowest BCUT2D eigenvalue weighted by Gasteiger charge is -2.27. The molecule has 0 aromatic heterocycles. The summed E-state index contributed by atoms with van der Waals surface area (Å²) in [6.45, 7) is 2.93. The van der Waals surface area contributed by atoms with Crippen molar-refractivity contribution in [3.05, 3.63) is 70.8 Å². The molecule has 0 amide bonds. The molecular formula is C17H19Cl2N. The van der Waals surface area contributed by atoms with Gasteiger partial charge in [-0.25, -0.2) is 0 Å². The van der Waals surface area contributed by atoms with Crippen LogP contribution in [0.1, 0.15) is 22.3 Å². The number of hydrogen-bond acceptors (Lipinski definition) is 1. The Morgan fingerprint density at radius 1 is 0.800 bits per heavy atom. The maximum absolute atomic E-state index is 5.94. The number of nitrogens with zero attached hydrogens (tertiary/aromatic N) is 1. The lowest BCUT2D eigenvalue weighted by atomic mass is 9.94. The van der Waals surface area contributed by atoms with E-state index in [2.05, 4.69) is 53.4 Å². The van der Waals surface area contributed by atoms with Crippen molar-refractivity contribution >= 4 is 24.0 Å². The molecule has 0 saturated heterocycles. The molecule has 3 rings (SSSR count). The van der Waals surface area contributed by atoms with Gasteiger partial charge in [-0.05, 0) is 28.7 Å². The highest BCUT2D eigenvalue weighted by atomic mass is 35.5. The third-order valence-corrected chi connectivity index (χ3v) is 3.98. The molecule has 2 aromatic carbocycles. The Kier molecular flexibility index (Phi) is 5.47. The molecule has 0 unspecified atom stereocenters. The van der Waals surface area contributed by atoms with E-state index in [-0.39, 0.29) is 12.4 Å². The standard InChI is InChI=1S/C17H18ClN.ClH/c18-9-10-19-12-16-7-3-1-5-14(16)11-15-6-2-4-8-17(15)13-19;/h1-8H,9-13H2;1H. The highest BCUT2D eigenvalue weighted by Crippen LogP contribution is 2.23. The van der Waals surface area contributed by atoms with E-state index < -0.39 is 0 Å². The average molecular weight is 308 g/mol. The first kappa shape index (κ1) is 15.4. The van der Waals surface area contributed by atoms with Gasteiger partial charge >= 0.3 is 0 Å². The van der Waals surface area contributed by atoms with E-state index in [0.717, 1.165) is 26.1 Å². The van der Waals surface area contributed by atoms with Gasteiger partial charge in [-0.3, -0.25) is 4.90 Å². The molecule has 0 atom stereocenters. The van der Waals surface area contributed by atoms with E-state index in [1.165, 1.54) is 22.3 Å². The first-order valence-electron chi connectivity index (χ1n) is 6.78. The van der Waals surface area contributed by atoms with Gasteiger partial charge in [0.1, 0.15) is 0 Å². The van der Waals surface area contributed by atoms with Crippen molar-refractivity contribution in [1.29, 1.82) is 0 Å². The summed E-state index contributed by atoms with van der Waals surface area (Å²) in [5.41, 5.74) is 5.74. The molecule has 0 spiro atoms. The summed E-state index contributed by atoms with van der Waals surface area (Å²) >= 11 is 5.94. The van der Waals surface area contributed by atoms with Crippen LogP contribution in [-0.2, 0) is 19.5 Å². The Labute approximate surface area is 132 Å². The minimum atomic E-state index is 0. The van der Waals surface area contributed by atoms with Crippen molar-refractivity contribution in [2.45, 2.75) is 19.5 Å². The Hall–Kier alpha value is -1.02. The van der Waals surface area contributed by atoms with Crippen molar-refractivity contribution < 1.29 is 0 Å². The fourth-order valence-corrected chi connectivity index (χ4v) is 3.03. The minimum absolute atomic E-state index is 0. The monoisotopic (exact) mass is 307 g/mol. The van der Waals surface area contributed by atoms with E-state index in [1.54, 1.807) is 0 Å². The Morgan fingerprint density at radius 3 is 1.70 bits per heavy atom. The predicted molar refractivity (Wildman–Crippen MR) is 87.8 cm³/mol. The maximum Gasteiger partial charge on any atom is 0.0351 e. The van der Waals surface area contributed by atoms with Gasteiger partial charge in [-0.1, -0.05) is 48.5 Å². The molecule has 0 aliphatic carbocycles. The second kappa shape index (κ2) is 7.12. The van der Waals surface area contributed by atoms with Gasteiger partial charge in [0.25, 0.3) is 0 Å². The summed E-state index contributed by atoms with van der Waals surface area (Å²) in [6, 6.07) is 17.5. The highest BCUT2D eigenvalue weighted by Gasteiger charge is 2.15. The van der Waals surface area contributed by atoms with Gasteiger partial charge in [-0.15, -0.1) is 24.0 Å². The maximum atomic E-state index is 5.94. The van der Waals surface area contributed by atoms with Crippen molar-refractivity contribution in [3.63, 3.8) is 0 Å². The number of benzene rings is 2. The van der Waals surface area contributed by atoms with E-state index in [4.69, 9.17) is 11.6 Å². The molecule has 1 aliphatic heterocycles. The smallest absolute Gasteiger partial charge is 0.0351 e. The zero-order valence-electron chi connectivity index (χ0n) is 11.4. The van der Waals surface area contributed by atoms with Gasteiger partial charge in [0, 0.05) is 25.5 Å². The van der Waals surface area contributed by atoms with Gasteiger partial charge in [0.15, 0.2) is 0 Å². The van der Waals surface area contributed by atoms with Crippen molar-refractivity contribution in [2.24, 2.45) is 0 Å². The summed E-state index contributed by atoms with van der Waals surface area (Å²) in [5.74, 6) is 0.685. The molecule has 1 heterocycles. The summed E-state index contributed by atoms with van der Waals surface area (Å²) < 4.78 is 0. The van der Waals surface area contributed by atoms with Crippen LogP contribution in [0.15, 0.2) is 48.5 Å². The van der Waals surface area contributed by atoms with Gasteiger partial charge in [0.05, 0.1) is 0 Å². The Morgan fingerprint density at radius 2 is 1.25 bits per heavy atom. The molecular weight excluding hydrogens is 289 g/mol. The van der Waals surface area contributed by atoms with Crippen molar-refractivity contribution in [1.82, 2.24) is 4.90 Å². The predicted octanol–water partition coefficient (Wildman–Crippen LogP) is 4.25. The lowest BCUT2D eigenvalue weighted by molar-refractivity contribution is 0.270. The lowest BCUT2D eigenvalue weighted by Crippen LogP contribution is -2.27. The van der Waals surface area contributed by atoms with Crippen LogP contribution < -0.4 is 0 Å². The molecule has 106 valence electrons. The topological polar surface area (TPSA) is 3.24 Å². The van der Waals surface area contributed by atoms with E-state index in [1.807, 2.05) is 0 Å². The zero-order chi connectivity index (χ0) is 13.1. The van der Waals surface area contributed by atoms with E-state index in [0.29, 0.717) is 5.88 Å². The number of alkyl halides is 1. The molecule has 20 heavy (non-hydrogen) atoms. The number of rotatable bonds is 2. The van der Waals surface area contributed by atoms with Crippen LogP contribution in [0, 0.1) is 0 Å². The summed E-state index contributed by atoms with van der Waals surface area (Å²) in [7, 11) is 0. The molecule has 0 saturated carbocycles. The SMILES string of the molecule is Cl.ClCCN1Cc2ccccc2Cc2ccccc2C1. The quantitative estimate of drug-likeness (QED) is 0.750. The van der Waals surface area contributed by atoms with Gasteiger partial charge in [-0.2, -0.15) is 0 Å². The zero-order valence-corrected chi connectivity index (χ0v) is 13.0. The fraction of sp³-hybridized carbons (Fsp3) is 0.294. The minimum Gasteiger partial charge on any atom is -0.294 e. The third-order valence-electron chi connectivity index (χ3n) is 3.81. The molecule has 3 heteroatoms. The molecule has 1 aliphatic rings. The fourth-order valence-electron chi connectivity index (χ4n) is 2.79. The van der Waals surface area contributed by atoms with E-state index in [9.17, 15) is 0 Å². The van der Waals surface area contributed by atoms with Crippen molar-refractivity contribution in [2.75, 3.05) is 12.4 Å². The van der Waals surface area contributed by atoms with E-state index >= 15 is 0 Å². The van der Waals surface area contributed by atoms with Gasteiger partial charge in [0.2, 0.25) is 0 Å². The molecule has 0 bridgehead atoms. The molecule has 1 nitrogen and oxygen atoms in total. The molecule has 0 fully saturated rings. The average Bonchev–Trinajstić information content (AvgIpc) is 2.41. The Balaban J connectivity index is 0.00000147.